The maximum Gasteiger partial charge on any atom is 0.250 e. The summed E-state index contributed by atoms with van der Waals surface area (Å²) in [5, 5.41) is 4.58. The molecule has 1 aliphatic heterocycles. The van der Waals surface area contributed by atoms with E-state index >= 15 is 0 Å². The summed E-state index contributed by atoms with van der Waals surface area (Å²) < 4.78 is 0. The van der Waals surface area contributed by atoms with Crippen LogP contribution in [0.25, 0.3) is 0 Å². The van der Waals surface area contributed by atoms with Crippen LogP contribution in [-0.2, 0) is 10.2 Å². The highest BCUT2D eigenvalue weighted by Crippen LogP contribution is 2.35. The molecule has 176 valence electrons. The first kappa shape index (κ1) is 24.2. The Labute approximate surface area is 207 Å². The molecule has 0 spiro atoms. The van der Waals surface area contributed by atoms with Crippen LogP contribution in [0.1, 0.15) is 49.1 Å². The summed E-state index contributed by atoms with van der Waals surface area (Å²) in [7, 11) is 0. The largest absolute Gasteiger partial charge is 0.290 e. The first-order chi connectivity index (χ1) is 16.4. The van der Waals surface area contributed by atoms with E-state index in [9.17, 15) is 4.79 Å². The zero-order valence-corrected chi connectivity index (χ0v) is 21.0. The van der Waals surface area contributed by atoms with Crippen molar-refractivity contribution in [1.82, 2.24) is 10.3 Å². The zero-order chi connectivity index (χ0) is 24.0. The van der Waals surface area contributed by atoms with Crippen LogP contribution in [0.2, 0.25) is 0 Å². The van der Waals surface area contributed by atoms with E-state index in [1.54, 1.807) is 18.0 Å². The third kappa shape index (κ3) is 6.37. The van der Waals surface area contributed by atoms with E-state index in [1.165, 1.54) is 16.7 Å². The molecule has 5 heteroatoms. The van der Waals surface area contributed by atoms with Crippen LogP contribution in [0.3, 0.4) is 0 Å². The maximum absolute atomic E-state index is 12.3. The Balaban J connectivity index is 1.24. The van der Waals surface area contributed by atoms with E-state index in [0.29, 0.717) is 11.0 Å². The minimum absolute atomic E-state index is 0.0614. The lowest BCUT2D eigenvalue weighted by Gasteiger charge is -2.44. The molecule has 3 aromatic rings. The Morgan fingerprint density at radius 1 is 0.971 bits per heavy atom. The number of hydrazone groups is 1. The number of rotatable bonds is 8. The van der Waals surface area contributed by atoms with Gasteiger partial charge < -0.3 is 0 Å². The van der Waals surface area contributed by atoms with E-state index in [0.717, 1.165) is 18.7 Å². The van der Waals surface area contributed by atoms with Crippen molar-refractivity contribution in [3.63, 3.8) is 0 Å². The Hall–Kier alpha value is -2.89. The van der Waals surface area contributed by atoms with Crippen molar-refractivity contribution < 1.29 is 4.79 Å². The quantitative estimate of drug-likeness (QED) is 0.341. The smallest absolute Gasteiger partial charge is 0.250 e. The lowest BCUT2D eigenvalue weighted by Crippen LogP contribution is -2.51. The summed E-state index contributed by atoms with van der Waals surface area (Å²) in [5.74, 6) is 0.355. The lowest BCUT2D eigenvalue weighted by atomic mass is 9.87. The molecule has 0 aliphatic carbocycles. The van der Waals surface area contributed by atoms with Crippen LogP contribution in [0.4, 0.5) is 0 Å². The molecule has 0 radical (unpaired) electrons. The number of hydrogen-bond acceptors (Lipinski definition) is 4. The second-order valence-corrected chi connectivity index (χ2v) is 11.1. The Bertz CT molecular complexity index is 1050. The number of thioether (sulfide) groups is 1. The molecule has 0 bridgehead atoms. The minimum Gasteiger partial charge on any atom is -0.290 e. The topological polar surface area (TPSA) is 44.7 Å². The summed E-state index contributed by atoms with van der Waals surface area (Å²) in [6.07, 6.45) is 1.70. The molecule has 4 rings (SSSR count). The fourth-order valence-electron chi connectivity index (χ4n) is 4.14. The fraction of sp³-hybridized carbons (Fsp3) is 0.310. The third-order valence-electron chi connectivity index (χ3n) is 6.10. The number of amides is 1. The molecule has 1 aliphatic rings. The van der Waals surface area contributed by atoms with Crippen LogP contribution in [-0.4, -0.2) is 41.1 Å². The predicted molar refractivity (Wildman–Crippen MR) is 143 cm³/mol. The second kappa shape index (κ2) is 11.0. The highest BCUT2D eigenvalue weighted by Gasteiger charge is 2.34. The van der Waals surface area contributed by atoms with Gasteiger partial charge in [-0.15, -0.1) is 11.8 Å². The van der Waals surface area contributed by atoms with Crippen molar-refractivity contribution in [2.45, 2.75) is 37.5 Å². The number of hydrogen-bond donors (Lipinski definition) is 1. The minimum atomic E-state index is -0.0614. The van der Waals surface area contributed by atoms with Gasteiger partial charge in [-0.2, -0.15) is 5.10 Å². The molecular weight excluding hydrogens is 438 g/mol. The van der Waals surface area contributed by atoms with Crippen molar-refractivity contribution in [2.24, 2.45) is 5.10 Å². The van der Waals surface area contributed by atoms with Crippen LogP contribution >= 0.6 is 11.8 Å². The molecule has 1 heterocycles. The SMILES string of the molecule is CC(C)(C)c1ccc(/C=N/NC(=O)CSC2CN(C(c3ccccc3)c3ccccc3)C2)cc1. The highest BCUT2D eigenvalue weighted by molar-refractivity contribution is 8.00. The molecule has 4 nitrogen and oxygen atoms in total. The van der Waals surface area contributed by atoms with E-state index in [-0.39, 0.29) is 17.4 Å². The molecule has 34 heavy (non-hydrogen) atoms. The fourth-order valence-corrected chi connectivity index (χ4v) is 5.19. The van der Waals surface area contributed by atoms with E-state index in [2.05, 4.69) is 109 Å². The first-order valence-corrected chi connectivity index (χ1v) is 12.8. The van der Waals surface area contributed by atoms with Gasteiger partial charge >= 0.3 is 0 Å². The molecule has 0 atom stereocenters. The zero-order valence-electron chi connectivity index (χ0n) is 20.1. The summed E-state index contributed by atoms with van der Waals surface area (Å²) >= 11 is 1.71. The molecule has 0 saturated carbocycles. The molecule has 0 unspecified atom stereocenters. The first-order valence-electron chi connectivity index (χ1n) is 11.8. The third-order valence-corrected chi connectivity index (χ3v) is 7.30. The van der Waals surface area contributed by atoms with Gasteiger partial charge in [-0.25, -0.2) is 5.43 Å². The Morgan fingerprint density at radius 3 is 2.06 bits per heavy atom. The van der Waals surface area contributed by atoms with Gasteiger partial charge in [-0.1, -0.05) is 106 Å². The lowest BCUT2D eigenvalue weighted by molar-refractivity contribution is -0.118. The van der Waals surface area contributed by atoms with E-state index in [1.807, 2.05) is 12.1 Å². The average molecular weight is 472 g/mol. The van der Waals surface area contributed by atoms with E-state index < -0.39 is 0 Å². The second-order valence-electron chi connectivity index (χ2n) is 9.78. The van der Waals surface area contributed by atoms with Crippen LogP contribution < -0.4 is 5.43 Å². The van der Waals surface area contributed by atoms with Gasteiger partial charge in [0.2, 0.25) is 5.91 Å². The van der Waals surface area contributed by atoms with Crippen LogP contribution in [0.5, 0.6) is 0 Å². The number of nitrogens with one attached hydrogen (secondary N) is 1. The van der Waals surface area contributed by atoms with Crippen LogP contribution in [0.15, 0.2) is 90.0 Å². The summed E-state index contributed by atoms with van der Waals surface area (Å²) in [5.41, 5.74) is 7.65. The van der Waals surface area contributed by atoms with Crippen molar-refractivity contribution in [3.05, 3.63) is 107 Å². The molecule has 0 aromatic heterocycles. The van der Waals surface area contributed by atoms with Gasteiger partial charge in [0.1, 0.15) is 0 Å². The monoisotopic (exact) mass is 471 g/mol. The predicted octanol–water partition coefficient (Wildman–Crippen LogP) is 5.64. The van der Waals surface area contributed by atoms with Gasteiger partial charge in [0.25, 0.3) is 0 Å². The molecule has 1 saturated heterocycles. The molecule has 1 fully saturated rings. The van der Waals surface area contributed by atoms with Crippen molar-refractivity contribution in [2.75, 3.05) is 18.8 Å². The van der Waals surface area contributed by atoms with Gasteiger partial charge in [-0.05, 0) is 27.7 Å². The highest BCUT2D eigenvalue weighted by atomic mass is 32.2. The van der Waals surface area contributed by atoms with Gasteiger partial charge in [-0.3, -0.25) is 9.69 Å². The average Bonchev–Trinajstić information content (AvgIpc) is 2.81. The van der Waals surface area contributed by atoms with Gasteiger partial charge in [0, 0.05) is 18.3 Å². The number of nitrogens with zero attached hydrogens (tertiary/aromatic N) is 2. The summed E-state index contributed by atoms with van der Waals surface area (Å²) in [6, 6.07) is 29.8. The molecule has 1 N–H and O–H groups in total. The maximum atomic E-state index is 12.3. The van der Waals surface area contributed by atoms with Crippen molar-refractivity contribution >= 4 is 23.9 Å². The Morgan fingerprint density at radius 2 is 1.53 bits per heavy atom. The van der Waals surface area contributed by atoms with Crippen LogP contribution in [0, 0.1) is 0 Å². The van der Waals surface area contributed by atoms with Crippen molar-refractivity contribution in [3.8, 4) is 0 Å². The van der Waals surface area contributed by atoms with Gasteiger partial charge in [0.05, 0.1) is 18.0 Å². The molecule has 3 aromatic carbocycles. The number of benzene rings is 3. The molecule has 1 amide bonds. The summed E-state index contributed by atoms with van der Waals surface area (Å²) in [4.78, 5) is 14.7. The Kier molecular flexibility index (Phi) is 7.86. The number of carbonyl (C=O) groups excluding carboxylic acids is 1. The molecular formula is C29H33N3OS. The van der Waals surface area contributed by atoms with Crippen molar-refractivity contribution in [1.29, 1.82) is 0 Å². The number of likely N-dealkylation sites (tertiary alicyclic amines) is 1. The van der Waals surface area contributed by atoms with E-state index in [4.69, 9.17) is 0 Å². The number of carbonyl (C=O) groups is 1. The van der Waals surface area contributed by atoms with Gasteiger partial charge in [0.15, 0.2) is 0 Å². The summed E-state index contributed by atoms with van der Waals surface area (Å²) in [6.45, 7) is 8.52. The normalized spacial score (nSPS) is 14.9. The standard InChI is InChI=1S/C29H33N3OS/c1-29(2,3)25-16-14-22(15-17-25)18-30-31-27(33)21-34-26-19-32(20-26)28(23-10-6-4-7-11-23)24-12-8-5-9-13-24/h4-18,26,28H,19-21H2,1-3H3,(H,31,33)/b30-18+.